The van der Waals surface area contributed by atoms with Gasteiger partial charge in [-0.05, 0) is 42.5 Å². The molecule has 0 fully saturated rings. The van der Waals surface area contributed by atoms with Crippen molar-refractivity contribution in [1.29, 1.82) is 0 Å². The molecule has 150 valence electrons. The molecule has 0 atom stereocenters. The molecular formula is C18H16BrF3N2O3S. The lowest BCUT2D eigenvalue weighted by atomic mass is 10.1. The van der Waals surface area contributed by atoms with Crippen LogP contribution >= 0.6 is 15.9 Å². The number of amides is 1. The molecule has 2 aromatic carbocycles. The quantitative estimate of drug-likeness (QED) is 0.600. The van der Waals surface area contributed by atoms with Gasteiger partial charge in [0.25, 0.3) is 15.9 Å². The van der Waals surface area contributed by atoms with Crippen molar-refractivity contribution < 1.29 is 26.4 Å². The topological polar surface area (TPSA) is 66.5 Å². The lowest BCUT2D eigenvalue weighted by Gasteiger charge is -2.22. The molecule has 0 aromatic heterocycles. The monoisotopic (exact) mass is 476 g/mol. The number of benzene rings is 2. The molecule has 0 aliphatic carbocycles. The molecule has 0 radical (unpaired) electrons. The highest BCUT2D eigenvalue weighted by Crippen LogP contribution is 2.22. The molecule has 2 rings (SSSR count). The lowest BCUT2D eigenvalue weighted by molar-refractivity contribution is -0.139. The molecular weight excluding hydrogens is 461 g/mol. The van der Waals surface area contributed by atoms with Crippen molar-refractivity contribution in [2.75, 3.05) is 17.8 Å². The summed E-state index contributed by atoms with van der Waals surface area (Å²) in [5.74, 6) is -0.887. The predicted molar refractivity (Wildman–Crippen MR) is 104 cm³/mol. The van der Waals surface area contributed by atoms with Gasteiger partial charge in [-0.15, -0.1) is 6.58 Å². The van der Waals surface area contributed by atoms with Crippen molar-refractivity contribution in [2.45, 2.75) is 11.1 Å². The zero-order valence-electron chi connectivity index (χ0n) is 14.4. The molecule has 10 heteroatoms. The zero-order chi connectivity index (χ0) is 20.9. The fourth-order valence-corrected chi connectivity index (χ4v) is 3.63. The van der Waals surface area contributed by atoms with E-state index >= 15 is 0 Å². The molecule has 0 aliphatic heterocycles. The normalized spacial score (nSPS) is 11.7. The van der Waals surface area contributed by atoms with Crippen LogP contribution in [0.1, 0.15) is 10.4 Å². The minimum atomic E-state index is -4.57. The third kappa shape index (κ3) is 6.10. The van der Waals surface area contributed by atoms with E-state index in [0.29, 0.717) is 9.37 Å². The van der Waals surface area contributed by atoms with Gasteiger partial charge in [-0.3, -0.25) is 9.52 Å². The summed E-state index contributed by atoms with van der Waals surface area (Å²) in [4.78, 5) is 13.0. The summed E-state index contributed by atoms with van der Waals surface area (Å²) < 4.78 is 66.0. The summed E-state index contributed by atoms with van der Waals surface area (Å²) in [6.07, 6.45) is -3.39. The van der Waals surface area contributed by atoms with Crippen molar-refractivity contribution >= 4 is 37.5 Å². The van der Waals surface area contributed by atoms with E-state index in [4.69, 9.17) is 0 Å². The number of carbonyl (C=O) groups excluding carboxylic acids is 1. The number of halogens is 4. The van der Waals surface area contributed by atoms with E-state index in [1.807, 2.05) is 0 Å². The first kappa shape index (κ1) is 22.0. The standard InChI is InChI=1S/C18H16BrF3N2O3S/c1-2-10-24(12-18(20,21)22)17(25)13-4-3-5-15(11-13)23-28(26,27)16-8-6-14(19)7-9-16/h2-9,11,23H,1,10,12H2. The third-order valence-electron chi connectivity index (χ3n) is 3.49. The van der Waals surface area contributed by atoms with E-state index in [0.717, 1.165) is 0 Å². The fraction of sp³-hybridized carbons (Fsp3) is 0.167. The van der Waals surface area contributed by atoms with Crippen LogP contribution in [0.25, 0.3) is 0 Å². The number of nitrogens with zero attached hydrogens (tertiary/aromatic N) is 1. The Morgan fingerprint density at radius 2 is 1.82 bits per heavy atom. The van der Waals surface area contributed by atoms with Crippen LogP contribution in [0.2, 0.25) is 0 Å². The molecule has 5 nitrogen and oxygen atoms in total. The molecule has 0 heterocycles. The van der Waals surface area contributed by atoms with Crippen molar-refractivity contribution in [3.63, 3.8) is 0 Å². The van der Waals surface area contributed by atoms with Gasteiger partial charge in [-0.1, -0.05) is 28.1 Å². The van der Waals surface area contributed by atoms with Crippen LogP contribution in [0.15, 0.2) is 70.6 Å². The fourth-order valence-electron chi connectivity index (χ4n) is 2.32. The van der Waals surface area contributed by atoms with Gasteiger partial charge in [-0.2, -0.15) is 13.2 Å². The lowest BCUT2D eigenvalue weighted by Crippen LogP contribution is -2.39. The van der Waals surface area contributed by atoms with E-state index in [-0.39, 0.29) is 22.7 Å². The molecule has 0 spiro atoms. The van der Waals surface area contributed by atoms with Gasteiger partial charge in [-0.25, -0.2) is 8.42 Å². The number of rotatable bonds is 7. The molecule has 28 heavy (non-hydrogen) atoms. The van der Waals surface area contributed by atoms with E-state index in [1.165, 1.54) is 42.5 Å². The zero-order valence-corrected chi connectivity index (χ0v) is 16.8. The SMILES string of the molecule is C=CCN(CC(F)(F)F)C(=O)c1cccc(NS(=O)(=O)c2ccc(Br)cc2)c1. The second kappa shape index (κ2) is 8.78. The summed E-state index contributed by atoms with van der Waals surface area (Å²) in [6, 6.07) is 11.2. The van der Waals surface area contributed by atoms with Crippen LogP contribution in [0.5, 0.6) is 0 Å². The van der Waals surface area contributed by atoms with E-state index < -0.39 is 28.7 Å². The first-order valence-corrected chi connectivity index (χ1v) is 10.1. The van der Waals surface area contributed by atoms with E-state index in [1.54, 1.807) is 12.1 Å². The Morgan fingerprint density at radius 1 is 1.18 bits per heavy atom. The maximum atomic E-state index is 12.7. The van der Waals surface area contributed by atoms with Crippen LogP contribution in [-0.2, 0) is 10.0 Å². The predicted octanol–water partition coefficient (Wildman–Crippen LogP) is 4.44. The summed E-state index contributed by atoms with van der Waals surface area (Å²) in [5.41, 5.74) is -0.0264. The average molecular weight is 477 g/mol. The minimum Gasteiger partial charge on any atom is -0.326 e. The maximum Gasteiger partial charge on any atom is 0.406 e. The van der Waals surface area contributed by atoms with E-state index in [2.05, 4.69) is 27.2 Å². The van der Waals surface area contributed by atoms with Gasteiger partial charge < -0.3 is 4.90 Å². The molecule has 0 bridgehead atoms. The van der Waals surface area contributed by atoms with Gasteiger partial charge >= 0.3 is 6.18 Å². The van der Waals surface area contributed by atoms with Crippen LogP contribution in [0.4, 0.5) is 18.9 Å². The van der Waals surface area contributed by atoms with Gasteiger partial charge in [0.1, 0.15) is 6.54 Å². The number of nitrogens with one attached hydrogen (secondary N) is 1. The molecule has 1 N–H and O–H groups in total. The van der Waals surface area contributed by atoms with Crippen molar-refractivity contribution in [1.82, 2.24) is 4.90 Å². The van der Waals surface area contributed by atoms with Crippen LogP contribution in [0, 0.1) is 0 Å². The Bertz CT molecular complexity index is 961. The Balaban J connectivity index is 2.26. The van der Waals surface area contributed by atoms with Crippen molar-refractivity contribution in [2.24, 2.45) is 0 Å². The van der Waals surface area contributed by atoms with Gasteiger partial charge in [0.15, 0.2) is 0 Å². The van der Waals surface area contributed by atoms with E-state index in [9.17, 15) is 26.4 Å². The number of anilines is 1. The largest absolute Gasteiger partial charge is 0.406 e. The number of alkyl halides is 3. The number of sulfonamides is 1. The summed E-state index contributed by atoms with van der Waals surface area (Å²) in [5, 5.41) is 0. The summed E-state index contributed by atoms with van der Waals surface area (Å²) in [6.45, 7) is 1.62. The Hall–Kier alpha value is -2.33. The minimum absolute atomic E-state index is 0.00205. The smallest absolute Gasteiger partial charge is 0.326 e. The average Bonchev–Trinajstić information content (AvgIpc) is 2.60. The first-order chi connectivity index (χ1) is 13.0. The van der Waals surface area contributed by atoms with Crippen molar-refractivity contribution in [3.05, 3.63) is 71.2 Å². The summed E-state index contributed by atoms with van der Waals surface area (Å²) in [7, 11) is -3.92. The number of hydrogen-bond donors (Lipinski definition) is 1. The van der Waals surface area contributed by atoms with Crippen LogP contribution in [0.3, 0.4) is 0 Å². The Labute approximate surface area is 169 Å². The third-order valence-corrected chi connectivity index (χ3v) is 5.42. The maximum absolute atomic E-state index is 12.7. The first-order valence-electron chi connectivity index (χ1n) is 7.87. The van der Waals surface area contributed by atoms with Gasteiger partial charge in [0.05, 0.1) is 4.90 Å². The molecule has 0 saturated heterocycles. The van der Waals surface area contributed by atoms with Crippen LogP contribution in [-0.4, -0.2) is 38.5 Å². The second-order valence-corrected chi connectivity index (χ2v) is 8.33. The molecule has 0 unspecified atom stereocenters. The Kier molecular flexibility index (Phi) is 6.89. The molecule has 0 saturated carbocycles. The summed E-state index contributed by atoms with van der Waals surface area (Å²) >= 11 is 3.21. The Morgan fingerprint density at radius 3 is 2.39 bits per heavy atom. The molecule has 2 aromatic rings. The van der Waals surface area contributed by atoms with Crippen LogP contribution < -0.4 is 4.72 Å². The second-order valence-electron chi connectivity index (χ2n) is 5.73. The highest BCUT2D eigenvalue weighted by molar-refractivity contribution is 9.10. The van der Waals surface area contributed by atoms with Gasteiger partial charge in [0, 0.05) is 22.3 Å². The highest BCUT2D eigenvalue weighted by atomic mass is 79.9. The number of carbonyl (C=O) groups is 1. The number of hydrogen-bond acceptors (Lipinski definition) is 3. The molecule has 1 amide bonds. The van der Waals surface area contributed by atoms with Gasteiger partial charge in [0.2, 0.25) is 0 Å². The highest BCUT2D eigenvalue weighted by Gasteiger charge is 2.33. The van der Waals surface area contributed by atoms with Crippen molar-refractivity contribution in [3.8, 4) is 0 Å². The molecule has 0 aliphatic rings.